The molecule has 0 saturated carbocycles. The van der Waals surface area contributed by atoms with Gasteiger partial charge in [-0.1, -0.05) is 13.0 Å². The first-order valence-corrected chi connectivity index (χ1v) is 11.4. The van der Waals surface area contributed by atoms with Crippen LogP contribution in [-0.2, 0) is 0 Å². The Morgan fingerprint density at radius 1 is 0.970 bits per heavy atom. The van der Waals surface area contributed by atoms with Gasteiger partial charge in [-0.15, -0.1) is 0 Å². The highest BCUT2D eigenvalue weighted by atomic mass is 16.6. The first-order valence-electron chi connectivity index (χ1n) is 11.4. The Bertz CT molecular complexity index is 1150. The minimum atomic E-state index is -0.357. The minimum Gasteiger partial charge on any atom is -0.497 e. The fourth-order valence-electron chi connectivity index (χ4n) is 4.82. The number of nitrogens with zero attached hydrogens (tertiary/aromatic N) is 6. The number of hydrogen-bond acceptors (Lipinski definition) is 9. The van der Waals surface area contributed by atoms with Crippen LogP contribution < -0.4 is 19.4 Å². The molecule has 0 bridgehead atoms. The summed E-state index contributed by atoms with van der Waals surface area (Å²) in [7, 11) is 1.67. The summed E-state index contributed by atoms with van der Waals surface area (Å²) in [6.45, 7) is 6.95. The molecule has 0 aliphatic carbocycles. The van der Waals surface area contributed by atoms with Gasteiger partial charge in [0, 0.05) is 51.0 Å². The van der Waals surface area contributed by atoms with Gasteiger partial charge in [0.25, 0.3) is 0 Å². The van der Waals surface area contributed by atoms with E-state index in [0.29, 0.717) is 17.1 Å². The number of anilines is 3. The number of nitro groups is 1. The van der Waals surface area contributed by atoms with Crippen molar-refractivity contribution in [2.45, 2.75) is 19.8 Å². The zero-order valence-corrected chi connectivity index (χ0v) is 18.9. The number of rotatable bonds is 5. The van der Waals surface area contributed by atoms with E-state index in [1.54, 1.807) is 7.11 Å². The highest BCUT2D eigenvalue weighted by Crippen LogP contribution is 2.42. The summed E-state index contributed by atoms with van der Waals surface area (Å²) in [5.74, 6) is 1.46. The van der Waals surface area contributed by atoms with Crippen LogP contribution in [0.1, 0.15) is 19.8 Å². The van der Waals surface area contributed by atoms with Gasteiger partial charge in [-0.05, 0) is 47.3 Å². The fourth-order valence-corrected chi connectivity index (χ4v) is 4.82. The number of methoxy groups -OCH3 is 1. The standard InChI is InChI=1S/C23H28N6O4/c1-16-6-8-27(9-7-16)20-15-19(21-22(25-33-24-21)23(20)29(30)31)28-12-10-26(11-13-28)17-4-3-5-18(14-17)32-2/h3-5,14-16H,6-13H2,1-2H3. The molecule has 5 rings (SSSR count). The average molecular weight is 453 g/mol. The van der Waals surface area contributed by atoms with E-state index in [1.807, 2.05) is 24.3 Å². The normalized spacial score (nSPS) is 17.6. The smallest absolute Gasteiger partial charge is 0.323 e. The second-order valence-corrected chi connectivity index (χ2v) is 8.83. The summed E-state index contributed by atoms with van der Waals surface area (Å²) in [5.41, 5.74) is 3.23. The Hall–Kier alpha value is -3.56. The topological polar surface area (TPSA) is 101 Å². The van der Waals surface area contributed by atoms with Gasteiger partial charge in [0.2, 0.25) is 5.52 Å². The molecular weight excluding hydrogens is 424 g/mol. The van der Waals surface area contributed by atoms with E-state index < -0.39 is 0 Å². The second kappa shape index (κ2) is 8.76. The van der Waals surface area contributed by atoms with Crippen molar-refractivity contribution in [1.29, 1.82) is 0 Å². The van der Waals surface area contributed by atoms with Crippen molar-refractivity contribution in [1.82, 2.24) is 10.3 Å². The van der Waals surface area contributed by atoms with Crippen LogP contribution in [0, 0.1) is 16.0 Å². The molecule has 174 valence electrons. The predicted octanol–water partition coefficient (Wildman–Crippen LogP) is 3.70. The largest absolute Gasteiger partial charge is 0.497 e. The molecule has 3 heterocycles. The van der Waals surface area contributed by atoms with E-state index in [2.05, 4.69) is 38.0 Å². The van der Waals surface area contributed by atoms with Gasteiger partial charge in [-0.3, -0.25) is 10.1 Å². The van der Waals surface area contributed by atoms with Gasteiger partial charge in [0.1, 0.15) is 11.4 Å². The number of ether oxygens (including phenoxy) is 1. The van der Waals surface area contributed by atoms with E-state index in [9.17, 15) is 10.1 Å². The molecule has 1 aromatic heterocycles. The SMILES string of the molecule is COc1cccc(N2CCN(c3cc(N4CCC(C)CC4)c([N+](=O)[O-])c4nonc34)CC2)c1. The molecule has 0 unspecified atom stereocenters. The Kier molecular flexibility index (Phi) is 5.65. The molecule has 0 spiro atoms. The van der Waals surface area contributed by atoms with Crippen molar-refractivity contribution >= 4 is 33.8 Å². The average Bonchev–Trinajstić information content (AvgIpc) is 3.33. The number of aromatic nitrogens is 2. The molecule has 0 amide bonds. The number of piperidine rings is 1. The third kappa shape index (κ3) is 4.01. The lowest BCUT2D eigenvalue weighted by Crippen LogP contribution is -2.46. The van der Waals surface area contributed by atoms with Gasteiger partial charge in [0.05, 0.1) is 17.7 Å². The molecule has 0 radical (unpaired) electrons. The summed E-state index contributed by atoms with van der Waals surface area (Å²) in [6.07, 6.45) is 2.03. The highest BCUT2D eigenvalue weighted by molar-refractivity contribution is 6.00. The van der Waals surface area contributed by atoms with Crippen LogP contribution in [0.3, 0.4) is 0 Å². The summed E-state index contributed by atoms with van der Waals surface area (Å²) < 4.78 is 10.3. The molecule has 10 heteroatoms. The molecule has 2 fully saturated rings. The quantitative estimate of drug-likeness (QED) is 0.423. The number of benzene rings is 2. The van der Waals surface area contributed by atoms with Gasteiger partial charge >= 0.3 is 5.69 Å². The van der Waals surface area contributed by atoms with Gasteiger partial charge in [-0.2, -0.15) is 0 Å². The molecule has 33 heavy (non-hydrogen) atoms. The molecule has 0 atom stereocenters. The maximum atomic E-state index is 12.0. The number of hydrogen-bond donors (Lipinski definition) is 0. The molecule has 0 N–H and O–H groups in total. The summed E-state index contributed by atoms with van der Waals surface area (Å²) in [4.78, 5) is 18.3. The van der Waals surface area contributed by atoms with Crippen LogP contribution in [0.4, 0.5) is 22.7 Å². The molecular formula is C23H28N6O4. The number of piperazine rings is 1. The van der Waals surface area contributed by atoms with Crippen molar-refractivity contribution in [2.75, 3.05) is 61.1 Å². The van der Waals surface area contributed by atoms with Gasteiger partial charge < -0.3 is 19.4 Å². The van der Waals surface area contributed by atoms with Crippen molar-refractivity contribution in [3.8, 4) is 5.75 Å². The lowest BCUT2D eigenvalue weighted by Gasteiger charge is -2.38. The third-order valence-electron chi connectivity index (χ3n) is 6.82. The van der Waals surface area contributed by atoms with Crippen molar-refractivity contribution in [2.24, 2.45) is 5.92 Å². The number of nitro benzene ring substituents is 1. The number of fused-ring (bicyclic) bond motifs is 1. The lowest BCUT2D eigenvalue weighted by atomic mass is 9.98. The summed E-state index contributed by atoms with van der Waals surface area (Å²) >= 11 is 0. The van der Waals surface area contributed by atoms with Crippen LogP contribution in [0.25, 0.3) is 11.0 Å². The van der Waals surface area contributed by atoms with E-state index in [0.717, 1.165) is 69.2 Å². The first kappa shape index (κ1) is 21.3. The van der Waals surface area contributed by atoms with Crippen LogP contribution in [0.5, 0.6) is 5.75 Å². The molecule has 3 aromatic rings. The minimum absolute atomic E-state index is 0.0143. The fraction of sp³-hybridized carbons (Fsp3) is 0.478. The van der Waals surface area contributed by atoms with E-state index in [4.69, 9.17) is 9.37 Å². The van der Waals surface area contributed by atoms with E-state index in [1.165, 1.54) is 0 Å². The zero-order chi connectivity index (χ0) is 22.9. The van der Waals surface area contributed by atoms with Crippen LogP contribution >= 0.6 is 0 Å². The molecule has 2 saturated heterocycles. The maximum Gasteiger partial charge on any atom is 0.323 e. The summed E-state index contributed by atoms with van der Waals surface area (Å²) in [6, 6.07) is 9.97. The van der Waals surface area contributed by atoms with E-state index >= 15 is 0 Å². The maximum absolute atomic E-state index is 12.0. The Balaban J connectivity index is 1.45. The third-order valence-corrected chi connectivity index (χ3v) is 6.82. The molecule has 2 aromatic carbocycles. The molecule has 2 aliphatic heterocycles. The summed E-state index contributed by atoms with van der Waals surface area (Å²) in [5, 5.41) is 20.0. The van der Waals surface area contributed by atoms with Gasteiger partial charge in [-0.25, -0.2) is 4.63 Å². The lowest BCUT2D eigenvalue weighted by molar-refractivity contribution is -0.382. The first-order chi connectivity index (χ1) is 16.0. The second-order valence-electron chi connectivity index (χ2n) is 8.83. The van der Waals surface area contributed by atoms with E-state index in [-0.39, 0.29) is 16.1 Å². The monoisotopic (exact) mass is 452 g/mol. The Labute approximate surface area is 191 Å². The highest BCUT2D eigenvalue weighted by Gasteiger charge is 2.32. The van der Waals surface area contributed by atoms with Crippen molar-refractivity contribution in [3.05, 3.63) is 40.4 Å². The zero-order valence-electron chi connectivity index (χ0n) is 18.9. The Morgan fingerprint density at radius 3 is 2.33 bits per heavy atom. The van der Waals surface area contributed by atoms with Crippen molar-refractivity contribution in [3.63, 3.8) is 0 Å². The molecule has 2 aliphatic rings. The van der Waals surface area contributed by atoms with Crippen LogP contribution in [0.2, 0.25) is 0 Å². The Morgan fingerprint density at radius 2 is 1.64 bits per heavy atom. The van der Waals surface area contributed by atoms with Crippen LogP contribution in [-0.4, -0.2) is 61.6 Å². The van der Waals surface area contributed by atoms with Gasteiger partial charge in [0.15, 0.2) is 5.52 Å². The van der Waals surface area contributed by atoms with Crippen LogP contribution in [0.15, 0.2) is 35.0 Å². The molecule has 10 nitrogen and oxygen atoms in total. The van der Waals surface area contributed by atoms with Crippen molar-refractivity contribution < 1.29 is 14.3 Å². The predicted molar refractivity (Wildman–Crippen MR) is 126 cm³/mol.